The summed E-state index contributed by atoms with van der Waals surface area (Å²) in [4.78, 5) is 1.94. The molecule has 0 aliphatic heterocycles. The highest BCUT2D eigenvalue weighted by atomic mass is 15.1. The molecular formula is C11H24N2. The molecule has 0 atom stereocenters. The van der Waals surface area contributed by atoms with Gasteiger partial charge in [-0.1, -0.05) is 45.4 Å². The minimum absolute atomic E-state index is 1.04. The van der Waals surface area contributed by atoms with Crippen LogP contribution in [-0.2, 0) is 0 Å². The van der Waals surface area contributed by atoms with E-state index in [2.05, 4.69) is 6.92 Å². The third kappa shape index (κ3) is 9.38. The summed E-state index contributed by atoms with van der Waals surface area (Å²) in [5.41, 5.74) is 0. The van der Waals surface area contributed by atoms with Crippen LogP contribution < -0.4 is 0 Å². The standard InChI is InChI=1S/C11H24N2/c1-3-4-5-6-7-8-9-10-13(2)11-12/h11-12H,3-10H2,1-2H3. The molecule has 0 aromatic rings. The van der Waals surface area contributed by atoms with Crippen LogP contribution in [-0.4, -0.2) is 24.8 Å². The maximum absolute atomic E-state index is 6.98. The minimum Gasteiger partial charge on any atom is -0.366 e. The summed E-state index contributed by atoms with van der Waals surface area (Å²) in [6.45, 7) is 3.29. The van der Waals surface area contributed by atoms with E-state index in [1.165, 1.54) is 51.3 Å². The van der Waals surface area contributed by atoms with Crippen LogP contribution in [0.1, 0.15) is 51.9 Å². The van der Waals surface area contributed by atoms with Gasteiger partial charge in [0.05, 0.1) is 6.34 Å². The van der Waals surface area contributed by atoms with Crippen molar-refractivity contribution in [2.45, 2.75) is 51.9 Å². The number of hydrogen-bond acceptors (Lipinski definition) is 1. The fourth-order valence-electron chi connectivity index (χ4n) is 1.38. The Bertz CT molecular complexity index is 113. The number of nitrogens with one attached hydrogen (secondary N) is 1. The molecule has 2 heteroatoms. The lowest BCUT2D eigenvalue weighted by Crippen LogP contribution is -2.16. The molecule has 13 heavy (non-hydrogen) atoms. The van der Waals surface area contributed by atoms with Crippen molar-refractivity contribution < 1.29 is 0 Å². The molecule has 0 aromatic heterocycles. The molecule has 0 radical (unpaired) electrons. The molecule has 0 saturated heterocycles. The summed E-state index contributed by atoms with van der Waals surface area (Å²) < 4.78 is 0. The van der Waals surface area contributed by atoms with Crippen LogP contribution in [0, 0.1) is 5.41 Å². The zero-order valence-electron chi connectivity index (χ0n) is 9.18. The topological polar surface area (TPSA) is 27.1 Å². The monoisotopic (exact) mass is 184 g/mol. The molecule has 0 fully saturated rings. The predicted octanol–water partition coefficient (Wildman–Crippen LogP) is 3.28. The van der Waals surface area contributed by atoms with E-state index in [9.17, 15) is 0 Å². The quantitative estimate of drug-likeness (QED) is 0.332. The normalized spacial score (nSPS) is 10.0. The SMILES string of the molecule is CCCCCCCCCN(C)C=N. The van der Waals surface area contributed by atoms with Crippen molar-refractivity contribution in [1.82, 2.24) is 4.90 Å². The van der Waals surface area contributed by atoms with Gasteiger partial charge in [0.2, 0.25) is 0 Å². The van der Waals surface area contributed by atoms with Gasteiger partial charge in [-0.2, -0.15) is 0 Å². The molecule has 0 aliphatic carbocycles. The average Bonchev–Trinajstić information content (AvgIpc) is 2.16. The second kappa shape index (κ2) is 9.56. The summed E-state index contributed by atoms with van der Waals surface area (Å²) in [7, 11) is 1.96. The molecule has 0 spiro atoms. The Morgan fingerprint density at radius 3 is 2.08 bits per heavy atom. The van der Waals surface area contributed by atoms with Crippen molar-refractivity contribution in [2.24, 2.45) is 0 Å². The van der Waals surface area contributed by atoms with Crippen molar-refractivity contribution in [2.75, 3.05) is 13.6 Å². The smallest absolute Gasteiger partial charge is 0.0814 e. The fraction of sp³-hybridized carbons (Fsp3) is 0.909. The largest absolute Gasteiger partial charge is 0.366 e. The van der Waals surface area contributed by atoms with Gasteiger partial charge in [-0.25, -0.2) is 0 Å². The van der Waals surface area contributed by atoms with E-state index in [4.69, 9.17) is 5.41 Å². The zero-order valence-corrected chi connectivity index (χ0v) is 9.18. The minimum atomic E-state index is 1.04. The molecule has 78 valence electrons. The Hall–Kier alpha value is -0.530. The molecule has 0 aromatic carbocycles. The summed E-state index contributed by atoms with van der Waals surface area (Å²) in [6.07, 6.45) is 10.8. The van der Waals surface area contributed by atoms with Gasteiger partial charge in [-0.15, -0.1) is 0 Å². The number of rotatable bonds is 9. The summed E-state index contributed by atoms with van der Waals surface area (Å²) in [5.74, 6) is 0. The number of nitrogens with zero attached hydrogens (tertiary/aromatic N) is 1. The van der Waals surface area contributed by atoms with E-state index in [-0.39, 0.29) is 0 Å². The van der Waals surface area contributed by atoms with Crippen molar-refractivity contribution in [3.63, 3.8) is 0 Å². The summed E-state index contributed by atoms with van der Waals surface area (Å²) in [6, 6.07) is 0. The van der Waals surface area contributed by atoms with E-state index in [0.29, 0.717) is 0 Å². The molecule has 0 aliphatic rings. The van der Waals surface area contributed by atoms with Crippen LogP contribution in [0.2, 0.25) is 0 Å². The molecule has 0 unspecified atom stereocenters. The van der Waals surface area contributed by atoms with Crippen LogP contribution >= 0.6 is 0 Å². The third-order valence-electron chi connectivity index (χ3n) is 2.33. The number of hydrogen-bond donors (Lipinski definition) is 1. The van der Waals surface area contributed by atoms with E-state index in [1.807, 2.05) is 11.9 Å². The highest BCUT2D eigenvalue weighted by molar-refractivity contribution is 5.49. The lowest BCUT2D eigenvalue weighted by atomic mass is 10.1. The molecule has 0 amide bonds. The Labute approximate surface area is 82.8 Å². The molecule has 0 bridgehead atoms. The molecule has 2 nitrogen and oxygen atoms in total. The van der Waals surface area contributed by atoms with Crippen LogP contribution in [0.25, 0.3) is 0 Å². The van der Waals surface area contributed by atoms with Gasteiger partial charge in [0.25, 0.3) is 0 Å². The van der Waals surface area contributed by atoms with E-state index in [1.54, 1.807) is 0 Å². The first-order valence-corrected chi connectivity index (χ1v) is 5.52. The zero-order chi connectivity index (χ0) is 9.94. The maximum atomic E-state index is 6.98. The van der Waals surface area contributed by atoms with Crippen molar-refractivity contribution >= 4 is 6.34 Å². The van der Waals surface area contributed by atoms with Crippen LogP contribution in [0.15, 0.2) is 0 Å². The van der Waals surface area contributed by atoms with Gasteiger partial charge in [0.15, 0.2) is 0 Å². The average molecular weight is 184 g/mol. The van der Waals surface area contributed by atoms with Crippen LogP contribution in [0.5, 0.6) is 0 Å². The van der Waals surface area contributed by atoms with Gasteiger partial charge in [0.1, 0.15) is 0 Å². The lowest BCUT2D eigenvalue weighted by molar-refractivity contribution is 0.473. The Morgan fingerprint density at radius 2 is 1.54 bits per heavy atom. The second-order valence-corrected chi connectivity index (χ2v) is 3.73. The third-order valence-corrected chi connectivity index (χ3v) is 2.33. The lowest BCUT2D eigenvalue weighted by Gasteiger charge is -2.10. The van der Waals surface area contributed by atoms with E-state index < -0.39 is 0 Å². The maximum Gasteiger partial charge on any atom is 0.0814 e. The van der Waals surface area contributed by atoms with Gasteiger partial charge >= 0.3 is 0 Å². The highest BCUT2D eigenvalue weighted by Crippen LogP contribution is 2.06. The van der Waals surface area contributed by atoms with Crippen molar-refractivity contribution in [1.29, 1.82) is 5.41 Å². The summed E-state index contributed by atoms with van der Waals surface area (Å²) in [5, 5.41) is 6.98. The predicted molar refractivity (Wildman–Crippen MR) is 59.4 cm³/mol. The first-order chi connectivity index (χ1) is 6.31. The summed E-state index contributed by atoms with van der Waals surface area (Å²) >= 11 is 0. The molecule has 1 N–H and O–H groups in total. The molecule has 0 heterocycles. The molecule has 0 rings (SSSR count). The Kier molecular flexibility index (Phi) is 9.17. The van der Waals surface area contributed by atoms with Crippen LogP contribution in [0.3, 0.4) is 0 Å². The van der Waals surface area contributed by atoms with Crippen molar-refractivity contribution in [3.05, 3.63) is 0 Å². The van der Waals surface area contributed by atoms with Gasteiger partial charge in [-0.3, -0.25) is 5.41 Å². The second-order valence-electron chi connectivity index (χ2n) is 3.73. The van der Waals surface area contributed by atoms with E-state index >= 15 is 0 Å². The van der Waals surface area contributed by atoms with Crippen molar-refractivity contribution in [3.8, 4) is 0 Å². The number of unbranched alkanes of at least 4 members (excludes halogenated alkanes) is 6. The Balaban J connectivity index is 2.95. The molecule has 0 saturated carbocycles. The van der Waals surface area contributed by atoms with E-state index in [0.717, 1.165) is 6.54 Å². The molecular weight excluding hydrogens is 160 g/mol. The highest BCUT2D eigenvalue weighted by Gasteiger charge is 1.92. The Morgan fingerprint density at radius 1 is 1.00 bits per heavy atom. The fourth-order valence-corrected chi connectivity index (χ4v) is 1.38. The van der Waals surface area contributed by atoms with Gasteiger partial charge in [0, 0.05) is 13.6 Å². The van der Waals surface area contributed by atoms with Gasteiger partial charge < -0.3 is 4.90 Å². The van der Waals surface area contributed by atoms with Crippen LogP contribution in [0.4, 0.5) is 0 Å². The first kappa shape index (κ1) is 12.5. The first-order valence-electron chi connectivity index (χ1n) is 5.52. The van der Waals surface area contributed by atoms with Gasteiger partial charge in [-0.05, 0) is 6.42 Å².